The lowest BCUT2D eigenvalue weighted by atomic mass is 10.1. The summed E-state index contributed by atoms with van der Waals surface area (Å²) in [4.78, 5) is 0.748. The van der Waals surface area contributed by atoms with Gasteiger partial charge in [-0.3, -0.25) is 0 Å². The van der Waals surface area contributed by atoms with Gasteiger partial charge in [-0.25, -0.2) is 4.39 Å². The zero-order chi connectivity index (χ0) is 12.4. The normalized spacial score (nSPS) is 12.5. The average molecular weight is 291 g/mol. The molecule has 0 aliphatic carbocycles. The lowest BCUT2D eigenvalue weighted by Crippen LogP contribution is -1.96. The van der Waals surface area contributed by atoms with Gasteiger partial charge in [0.25, 0.3) is 0 Å². The Morgan fingerprint density at radius 1 is 1.35 bits per heavy atom. The Hall–Kier alpha value is -0.770. The molecule has 1 atom stereocenters. The molecular weight excluding hydrogens is 282 g/mol. The van der Waals surface area contributed by atoms with Gasteiger partial charge in [0.1, 0.15) is 11.6 Å². The van der Waals surface area contributed by atoms with Gasteiger partial charge in [-0.05, 0) is 17.5 Å². The minimum absolute atomic E-state index is 0.395. The van der Waals surface area contributed by atoms with Crippen molar-refractivity contribution in [3.63, 3.8) is 0 Å². The Labute approximate surface area is 113 Å². The van der Waals surface area contributed by atoms with Crippen molar-refractivity contribution in [1.82, 2.24) is 0 Å². The summed E-state index contributed by atoms with van der Waals surface area (Å²) in [6.07, 6.45) is 0. The third-order valence-corrected chi connectivity index (χ3v) is 4.36. The largest absolute Gasteiger partial charge is 0.497 e. The maximum absolute atomic E-state index is 13.8. The Bertz CT molecular complexity index is 527. The van der Waals surface area contributed by atoms with Crippen LogP contribution in [0.5, 0.6) is 5.75 Å². The summed E-state index contributed by atoms with van der Waals surface area (Å²) in [5, 5.41) is 1.81. The summed E-state index contributed by atoms with van der Waals surface area (Å²) < 4.78 is 18.7. The molecule has 0 saturated carbocycles. The second kappa shape index (κ2) is 5.25. The Balaban J connectivity index is 2.38. The van der Waals surface area contributed by atoms with E-state index in [0.717, 1.165) is 4.88 Å². The van der Waals surface area contributed by atoms with E-state index in [1.54, 1.807) is 18.2 Å². The molecule has 1 aromatic carbocycles. The fourth-order valence-electron chi connectivity index (χ4n) is 1.47. The van der Waals surface area contributed by atoms with Crippen LogP contribution in [0.4, 0.5) is 4.39 Å². The van der Waals surface area contributed by atoms with Gasteiger partial charge >= 0.3 is 0 Å². The predicted molar refractivity (Wildman–Crippen MR) is 70.0 cm³/mol. The molecule has 0 bridgehead atoms. The van der Waals surface area contributed by atoms with Crippen LogP contribution < -0.4 is 4.74 Å². The molecule has 2 aromatic rings. The van der Waals surface area contributed by atoms with Crippen molar-refractivity contribution in [3.8, 4) is 5.75 Å². The van der Waals surface area contributed by atoms with Gasteiger partial charge in [-0.2, -0.15) is 0 Å². The molecule has 0 saturated heterocycles. The first kappa shape index (κ1) is 12.7. The van der Waals surface area contributed by atoms with E-state index in [2.05, 4.69) is 0 Å². The van der Waals surface area contributed by atoms with Crippen LogP contribution in [0.3, 0.4) is 0 Å². The van der Waals surface area contributed by atoms with E-state index in [4.69, 9.17) is 27.9 Å². The highest BCUT2D eigenvalue weighted by atomic mass is 35.5. The topological polar surface area (TPSA) is 9.23 Å². The van der Waals surface area contributed by atoms with Crippen LogP contribution in [0.2, 0.25) is 5.02 Å². The Morgan fingerprint density at radius 3 is 2.65 bits per heavy atom. The lowest BCUT2D eigenvalue weighted by molar-refractivity contribution is 0.411. The third-order valence-electron chi connectivity index (χ3n) is 2.36. The number of rotatable bonds is 3. The molecule has 0 N–H and O–H groups in total. The summed E-state index contributed by atoms with van der Waals surface area (Å²) in [6, 6.07) is 6.35. The summed E-state index contributed by atoms with van der Waals surface area (Å²) in [7, 11) is 1.49. The number of halogens is 3. The minimum Gasteiger partial charge on any atom is -0.497 e. The van der Waals surface area contributed by atoms with Crippen LogP contribution in [-0.4, -0.2) is 7.11 Å². The highest BCUT2D eigenvalue weighted by Crippen LogP contribution is 2.38. The molecule has 0 fully saturated rings. The standard InChI is InChI=1S/C12H9Cl2FOS/c1-16-7-2-3-8(10(15)6-7)11(14)12-9(13)4-5-17-12/h2-6,11H,1H3. The molecule has 0 aliphatic heterocycles. The third kappa shape index (κ3) is 2.57. The molecule has 0 radical (unpaired) electrons. The fourth-order valence-corrected chi connectivity index (χ4v) is 3.13. The van der Waals surface area contributed by atoms with Crippen molar-refractivity contribution < 1.29 is 9.13 Å². The molecule has 2 rings (SSSR count). The van der Waals surface area contributed by atoms with Gasteiger partial charge in [-0.1, -0.05) is 17.7 Å². The maximum atomic E-state index is 13.8. The van der Waals surface area contributed by atoms with E-state index in [1.807, 2.05) is 5.38 Å². The highest BCUT2D eigenvalue weighted by Gasteiger charge is 2.19. The van der Waals surface area contributed by atoms with E-state index in [1.165, 1.54) is 24.5 Å². The fraction of sp³-hybridized carbons (Fsp3) is 0.167. The van der Waals surface area contributed by atoms with Gasteiger partial charge in [0.05, 0.1) is 17.5 Å². The van der Waals surface area contributed by atoms with Crippen LogP contribution in [0.15, 0.2) is 29.6 Å². The van der Waals surface area contributed by atoms with Crippen LogP contribution in [0.25, 0.3) is 0 Å². The minimum atomic E-state index is -0.576. The van der Waals surface area contributed by atoms with Gasteiger partial charge in [0.15, 0.2) is 0 Å². The van der Waals surface area contributed by atoms with Crippen molar-refractivity contribution in [2.24, 2.45) is 0 Å². The summed E-state index contributed by atoms with van der Waals surface area (Å²) in [6.45, 7) is 0. The number of benzene rings is 1. The number of thiophene rings is 1. The Morgan fingerprint density at radius 2 is 2.12 bits per heavy atom. The number of ether oxygens (including phenoxy) is 1. The van der Waals surface area contributed by atoms with E-state index in [9.17, 15) is 4.39 Å². The van der Waals surface area contributed by atoms with E-state index >= 15 is 0 Å². The van der Waals surface area contributed by atoms with Crippen molar-refractivity contribution in [1.29, 1.82) is 0 Å². The molecule has 0 aliphatic rings. The molecule has 1 nitrogen and oxygen atoms in total. The molecule has 1 unspecified atom stereocenters. The highest BCUT2D eigenvalue weighted by molar-refractivity contribution is 7.11. The molecule has 90 valence electrons. The maximum Gasteiger partial charge on any atom is 0.131 e. The zero-order valence-corrected chi connectivity index (χ0v) is 11.2. The van der Waals surface area contributed by atoms with Gasteiger partial charge in [0, 0.05) is 16.5 Å². The molecule has 5 heteroatoms. The number of hydrogen-bond acceptors (Lipinski definition) is 2. The first-order valence-corrected chi connectivity index (χ1v) is 6.53. The molecule has 1 aromatic heterocycles. The van der Waals surface area contributed by atoms with E-state index in [-0.39, 0.29) is 0 Å². The summed E-state index contributed by atoms with van der Waals surface area (Å²) >= 11 is 13.6. The van der Waals surface area contributed by atoms with Crippen LogP contribution in [0.1, 0.15) is 15.8 Å². The van der Waals surface area contributed by atoms with Crippen molar-refractivity contribution in [3.05, 3.63) is 50.9 Å². The first-order valence-electron chi connectivity index (χ1n) is 4.84. The molecular formula is C12H9Cl2FOS. The number of hydrogen-bond donors (Lipinski definition) is 0. The van der Waals surface area contributed by atoms with Crippen molar-refractivity contribution in [2.75, 3.05) is 7.11 Å². The quantitative estimate of drug-likeness (QED) is 0.732. The van der Waals surface area contributed by atoms with E-state index in [0.29, 0.717) is 16.3 Å². The van der Waals surface area contributed by atoms with Crippen LogP contribution in [0, 0.1) is 5.82 Å². The van der Waals surface area contributed by atoms with Crippen LogP contribution in [-0.2, 0) is 0 Å². The number of methoxy groups -OCH3 is 1. The molecule has 0 spiro atoms. The van der Waals surface area contributed by atoms with Gasteiger partial charge < -0.3 is 4.74 Å². The first-order chi connectivity index (χ1) is 8.13. The smallest absolute Gasteiger partial charge is 0.131 e. The SMILES string of the molecule is COc1ccc(C(Cl)c2sccc2Cl)c(F)c1. The van der Waals surface area contributed by atoms with Gasteiger partial charge in [-0.15, -0.1) is 22.9 Å². The molecule has 17 heavy (non-hydrogen) atoms. The lowest BCUT2D eigenvalue weighted by Gasteiger charge is -2.11. The number of alkyl halides is 1. The summed E-state index contributed by atoms with van der Waals surface area (Å²) in [5.74, 6) is 0.0706. The van der Waals surface area contributed by atoms with Crippen molar-refractivity contribution >= 4 is 34.5 Å². The Kier molecular flexibility index (Phi) is 3.92. The molecule has 1 heterocycles. The zero-order valence-electron chi connectivity index (χ0n) is 8.91. The van der Waals surface area contributed by atoms with Crippen molar-refractivity contribution in [2.45, 2.75) is 5.38 Å². The average Bonchev–Trinajstić information content (AvgIpc) is 2.74. The second-order valence-electron chi connectivity index (χ2n) is 3.38. The van der Waals surface area contributed by atoms with E-state index < -0.39 is 11.2 Å². The monoisotopic (exact) mass is 290 g/mol. The predicted octanol–water partition coefficient (Wildman–Crippen LogP) is 4.88. The molecule has 0 amide bonds. The van der Waals surface area contributed by atoms with Gasteiger partial charge in [0.2, 0.25) is 0 Å². The summed E-state index contributed by atoms with van der Waals surface area (Å²) in [5.41, 5.74) is 0.400. The second-order valence-corrected chi connectivity index (χ2v) is 5.17. The van der Waals surface area contributed by atoms with Crippen LogP contribution >= 0.6 is 34.5 Å².